The highest BCUT2D eigenvalue weighted by Crippen LogP contribution is 2.53. The van der Waals surface area contributed by atoms with Crippen LogP contribution in [0.5, 0.6) is 5.75 Å². The molecule has 0 aliphatic carbocycles. The number of anilines is 2. The zero-order chi connectivity index (χ0) is 27.4. The lowest BCUT2D eigenvalue weighted by Gasteiger charge is -2.35. The molecule has 3 aromatic carbocycles. The Morgan fingerprint density at radius 1 is 0.949 bits per heavy atom. The van der Waals surface area contributed by atoms with Gasteiger partial charge in [-0.3, -0.25) is 19.2 Å². The van der Waals surface area contributed by atoms with Crippen molar-refractivity contribution in [2.75, 3.05) is 17.3 Å². The van der Waals surface area contributed by atoms with Gasteiger partial charge in [-0.25, -0.2) is 4.90 Å². The summed E-state index contributed by atoms with van der Waals surface area (Å²) in [6.07, 6.45) is 3.68. The number of methoxy groups -OCH3 is 1. The van der Waals surface area contributed by atoms with Crippen LogP contribution in [0.15, 0.2) is 72.9 Å². The van der Waals surface area contributed by atoms with Crippen LogP contribution in [0, 0.1) is 11.8 Å². The highest BCUT2D eigenvalue weighted by Gasteiger charge is 2.64. The van der Waals surface area contributed by atoms with Crippen LogP contribution >= 0.6 is 11.6 Å². The minimum atomic E-state index is -0.966. The van der Waals surface area contributed by atoms with Crippen LogP contribution in [0.25, 0.3) is 6.08 Å². The predicted octanol–water partition coefficient (Wildman–Crippen LogP) is 4.71. The number of carbonyl (C=O) groups is 4. The molecule has 3 aromatic rings. The molecule has 2 saturated heterocycles. The summed E-state index contributed by atoms with van der Waals surface area (Å²) in [6, 6.07) is 17.4. The maximum Gasteiger partial charge on any atom is 0.248 e. The van der Waals surface area contributed by atoms with Crippen LogP contribution in [0.3, 0.4) is 0 Å². The second-order valence-electron chi connectivity index (χ2n) is 9.78. The number of ether oxygens (including phenoxy) is 1. The minimum absolute atomic E-state index is 0.119. The Bertz CT molecular complexity index is 1570. The van der Waals surface area contributed by atoms with Crippen molar-refractivity contribution in [2.24, 2.45) is 11.8 Å². The van der Waals surface area contributed by atoms with E-state index in [0.29, 0.717) is 27.7 Å². The Balaban J connectivity index is 1.43. The normalized spacial score (nSPS) is 22.8. The molecule has 2 fully saturated rings. The van der Waals surface area contributed by atoms with Crippen LogP contribution in [-0.4, -0.2) is 41.6 Å². The van der Waals surface area contributed by atoms with Gasteiger partial charge in [-0.2, -0.15) is 0 Å². The summed E-state index contributed by atoms with van der Waals surface area (Å²) in [5.41, 5.74) is 3.01. The number of hydrogen-bond acceptors (Lipinski definition) is 6. The van der Waals surface area contributed by atoms with Crippen LogP contribution < -0.4 is 15.0 Å². The Labute approximate surface area is 229 Å². The highest BCUT2D eigenvalue weighted by molar-refractivity contribution is 6.31. The van der Waals surface area contributed by atoms with Crippen LogP contribution in [0.1, 0.15) is 34.5 Å². The van der Waals surface area contributed by atoms with Gasteiger partial charge in [0.15, 0.2) is 5.78 Å². The van der Waals surface area contributed by atoms with E-state index in [1.807, 2.05) is 35.2 Å². The van der Waals surface area contributed by atoms with Gasteiger partial charge in [-0.05, 0) is 66.6 Å². The number of hydrogen-bond donors (Lipinski definition) is 1. The number of nitrogens with zero attached hydrogens (tertiary/aromatic N) is 2. The lowest BCUT2D eigenvalue weighted by atomic mass is 9.84. The van der Waals surface area contributed by atoms with Crippen LogP contribution in [0.2, 0.25) is 5.02 Å². The van der Waals surface area contributed by atoms with E-state index in [1.54, 1.807) is 48.7 Å². The molecule has 3 heterocycles. The minimum Gasteiger partial charge on any atom is -0.495 e. The average Bonchev–Trinajstić information content (AvgIpc) is 3.41. The van der Waals surface area contributed by atoms with Gasteiger partial charge in [0.25, 0.3) is 0 Å². The number of carbonyl (C=O) groups excluding carboxylic acids is 4. The van der Waals surface area contributed by atoms with Crippen LogP contribution in [-0.2, 0) is 14.4 Å². The molecule has 4 atom stereocenters. The third kappa shape index (κ3) is 3.90. The molecule has 3 amide bonds. The predicted molar refractivity (Wildman–Crippen MR) is 146 cm³/mol. The second-order valence-corrected chi connectivity index (χ2v) is 10.2. The summed E-state index contributed by atoms with van der Waals surface area (Å²) >= 11 is 6.18. The zero-order valence-corrected chi connectivity index (χ0v) is 21.9. The summed E-state index contributed by atoms with van der Waals surface area (Å²) in [6.45, 7) is 1.45. The number of ketones is 1. The highest BCUT2D eigenvalue weighted by atomic mass is 35.5. The Morgan fingerprint density at radius 2 is 1.67 bits per heavy atom. The van der Waals surface area contributed by atoms with E-state index >= 15 is 0 Å². The fraction of sp³-hybridized carbons (Fsp3) is 0.200. The molecular weight excluding hydrogens is 518 g/mol. The summed E-state index contributed by atoms with van der Waals surface area (Å²) in [5, 5.41) is 3.29. The largest absolute Gasteiger partial charge is 0.495 e. The topological polar surface area (TPSA) is 96.0 Å². The monoisotopic (exact) mass is 541 g/mol. The summed E-state index contributed by atoms with van der Waals surface area (Å²) < 4.78 is 5.39. The lowest BCUT2D eigenvalue weighted by Crippen LogP contribution is -2.46. The number of benzene rings is 3. The number of nitrogens with one attached hydrogen (secondary N) is 1. The molecule has 9 heteroatoms. The Hall–Kier alpha value is -4.43. The first-order valence-electron chi connectivity index (χ1n) is 12.5. The SMILES string of the molecule is COc1ccc(Cl)cc1NC(=O)[C@@H]1[C@@H]2C(=O)N(c3ccc(C(C)=O)cc3)C(=O)[C@@H]2[C@@H]2c3ccccc3C=CN12. The standard InChI is InChI=1S/C30H24ClN3O5/c1-16(35)17-7-10-20(11-8-17)34-29(37)24-25(30(34)38)27(28(36)32-22-15-19(31)9-12-23(22)39-2)33-14-13-18-5-3-4-6-21(18)26(24)33/h3-15,24-27H,1-2H3,(H,32,36)/t24-,25+,26-,27-/m0/s1. The fourth-order valence-electron chi connectivity index (χ4n) is 5.94. The molecule has 39 heavy (non-hydrogen) atoms. The van der Waals surface area contributed by atoms with Crippen LogP contribution in [0.4, 0.5) is 11.4 Å². The molecule has 6 rings (SSSR count). The van der Waals surface area contributed by atoms with E-state index in [9.17, 15) is 19.2 Å². The third-order valence-corrected chi connectivity index (χ3v) is 7.92. The Kier molecular flexibility index (Phi) is 5.99. The summed E-state index contributed by atoms with van der Waals surface area (Å²) in [5.74, 6) is -2.71. The molecule has 196 valence electrons. The average molecular weight is 542 g/mol. The van der Waals surface area contributed by atoms with E-state index in [2.05, 4.69) is 5.32 Å². The van der Waals surface area contributed by atoms with E-state index in [4.69, 9.17) is 16.3 Å². The summed E-state index contributed by atoms with van der Waals surface area (Å²) in [7, 11) is 1.49. The molecule has 3 aliphatic heterocycles. The number of amides is 3. The third-order valence-electron chi connectivity index (χ3n) is 7.68. The van der Waals surface area contributed by atoms with E-state index < -0.39 is 35.7 Å². The number of rotatable bonds is 5. The summed E-state index contributed by atoms with van der Waals surface area (Å²) in [4.78, 5) is 56.6. The van der Waals surface area contributed by atoms with Crippen molar-refractivity contribution in [1.29, 1.82) is 0 Å². The quantitative estimate of drug-likeness (QED) is 0.371. The van der Waals surface area contributed by atoms with Gasteiger partial charge in [0.2, 0.25) is 17.7 Å². The first-order valence-corrected chi connectivity index (χ1v) is 12.9. The molecular formula is C30H24ClN3O5. The maximum absolute atomic E-state index is 14.0. The van der Waals surface area contributed by atoms with Crippen molar-refractivity contribution in [1.82, 2.24) is 4.90 Å². The smallest absolute Gasteiger partial charge is 0.248 e. The first-order chi connectivity index (χ1) is 18.8. The molecule has 0 bridgehead atoms. The van der Waals surface area contributed by atoms with E-state index in [-0.39, 0.29) is 11.7 Å². The Morgan fingerprint density at radius 3 is 2.38 bits per heavy atom. The van der Waals surface area contributed by atoms with Gasteiger partial charge in [-0.15, -0.1) is 0 Å². The van der Waals surface area contributed by atoms with Gasteiger partial charge in [0.05, 0.1) is 36.4 Å². The fourth-order valence-corrected chi connectivity index (χ4v) is 6.11. The molecule has 0 radical (unpaired) electrons. The van der Waals surface area contributed by atoms with Gasteiger partial charge in [-0.1, -0.05) is 35.9 Å². The first kappa shape index (κ1) is 24.9. The molecule has 0 aromatic heterocycles. The molecule has 1 N–H and O–H groups in total. The molecule has 8 nitrogen and oxygen atoms in total. The van der Waals surface area contributed by atoms with Crippen molar-refractivity contribution in [3.05, 3.63) is 94.6 Å². The number of imide groups is 1. The van der Waals surface area contributed by atoms with Gasteiger partial charge < -0.3 is 15.0 Å². The number of Topliss-reactive ketones (excluding diaryl/α,β-unsaturated/α-hetero) is 1. The molecule has 0 unspecified atom stereocenters. The second kappa shape index (κ2) is 9.39. The molecule has 3 aliphatic rings. The zero-order valence-electron chi connectivity index (χ0n) is 21.1. The number of halogens is 1. The van der Waals surface area contributed by atoms with Crippen molar-refractivity contribution in [3.8, 4) is 5.75 Å². The van der Waals surface area contributed by atoms with Crippen molar-refractivity contribution in [3.63, 3.8) is 0 Å². The van der Waals surface area contributed by atoms with Gasteiger partial charge >= 0.3 is 0 Å². The van der Waals surface area contributed by atoms with Crippen molar-refractivity contribution < 1.29 is 23.9 Å². The van der Waals surface area contributed by atoms with E-state index in [1.165, 1.54) is 14.0 Å². The number of fused-ring (bicyclic) bond motifs is 5. The van der Waals surface area contributed by atoms with Crippen molar-refractivity contribution >= 4 is 52.6 Å². The molecule has 0 saturated carbocycles. The van der Waals surface area contributed by atoms with Gasteiger partial charge in [0.1, 0.15) is 11.8 Å². The lowest BCUT2D eigenvalue weighted by molar-refractivity contribution is -0.128. The maximum atomic E-state index is 14.0. The van der Waals surface area contributed by atoms with E-state index in [0.717, 1.165) is 16.0 Å². The molecule has 0 spiro atoms. The van der Waals surface area contributed by atoms with Crippen molar-refractivity contribution in [2.45, 2.75) is 19.0 Å². The van der Waals surface area contributed by atoms with Gasteiger partial charge in [0, 0.05) is 16.8 Å².